The first-order valence-corrected chi connectivity index (χ1v) is 11.4. The molecule has 2 aromatic rings. The van der Waals surface area contributed by atoms with E-state index in [1.165, 1.54) is 25.7 Å². The molecule has 0 bridgehead atoms. The van der Waals surface area contributed by atoms with E-state index >= 15 is 0 Å². The number of nitrogens with zero attached hydrogens (tertiary/aromatic N) is 4. The Morgan fingerprint density at radius 3 is 2.31 bits per heavy atom. The molecule has 3 amide bonds. The molecule has 3 aliphatic heterocycles. The summed E-state index contributed by atoms with van der Waals surface area (Å²) in [6.45, 7) is 4.73. The zero-order chi connectivity index (χ0) is 25.2. The maximum absolute atomic E-state index is 12.2. The lowest BCUT2D eigenvalue weighted by molar-refractivity contribution is -0.192. The predicted octanol–water partition coefficient (Wildman–Crippen LogP) is 2.38. The van der Waals surface area contributed by atoms with E-state index < -0.39 is 12.1 Å². The lowest BCUT2D eigenvalue weighted by atomic mass is 9.71. The number of carboxylic acid groups (broad SMARTS) is 1. The van der Waals surface area contributed by atoms with Gasteiger partial charge >= 0.3 is 18.2 Å². The van der Waals surface area contributed by atoms with Crippen molar-refractivity contribution in [3.8, 4) is 0 Å². The van der Waals surface area contributed by atoms with Crippen molar-refractivity contribution in [2.75, 3.05) is 42.5 Å². The van der Waals surface area contributed by atoms with E-state index in [4.69, 9.17) is 9.90 Å². The minimum atomic E-state index is -5.08. The van der Waals surface area contributed by atoms with Crippen molar-refractivity contribution >= 4 is 34.9 Å². The molecule has 3 fully saturated rings. The standard InChI is InChI=1S/C20H26N6O2.C2HF3O2/c27-17-4-11-25(19(28)23-17)16-14-22-26-15(16)2-1-3-18(26)24-12-7-20(8-13-24)5-9-21-10-6-20;3-2(4,5)1(6)7/h1-3,14,21H,4-13H2,(H,23,27,28);(H,6,7). The van der Waals surface area contributed by atoms with Crippen LogP contribution in [0.2, 0.25) is 0 Å². The van der Waals surface area contributed by atoms with Gasteiger partial charge in [-0.15, -0.1) is 0 Å². The molecule has 3 aliphatic rings. The lowest BCUT2D eigenvalue weighted by Gasteiger charge is -2.45. The molecule has 2 aromatic heterocycles. The SMILES string of the molecule is O=C(O)C(F)(F)F.O=C1CCN(c2cnn3c(N4CCC5(CCNCC5)CC4)cccc23)C(=O)N1. The summed E-state index contributed by atoms with van der Waals surface area (Å²) in [6.07, 6.45) is 1.95. The minimum Gasteiger partial charge on any atom is -0.475 e. The number of rotatable bonds is 2. The summed E-state index contributed by atoms with van der Waals surface area (Å²) in [5.41, 5.74) is 2.14. The molecule has 5 heterocycles. The highest BCUT2D eigenvalue weighted by Crippen LogP contribution is 2.40. The molecule has 3 N–H and O–H groups in total. The maximum atomic E-state index is 12.2. The van der Waals surface area contributed by atoms with Gasteiger partial charge in [-0.05, 0) is 56.3 Å². The largest absolute Gasteiger partial charge is 0.490 e. The van der Waals surface area contributed by atoms with Crippen LogP contribution in [0.4, 0.5) is 29.5 Å². The van der Waals surface area contributed by atoms with E-state index in [2.05, 4.69) is 26.7 Å². The Bertz CT molecular complexity index is 1100. The number of halogens is 3. The van der Waals surface area contributed by atoms with Crippen LogP contribution in [0.15, 0.2) is 24.4 Å². The first-order valence-electron chi connectivity index (χ1n) is 11.4. The van der Waals surface area contributed by atoms with Crippen LogP contribution in [0.1, 0.15) is 32.1 Å². The van der Waals surface area contributed by atoms with Gasteiger partial charge in [-0.2, -0.15) is 18.3 Å². The van der Waals surface area contributed by atoms with Gasteiger partial charge in [0.05, 0.1) is 17.4 Å². The summed E-state index contributed by atoms with van der Waals surface area (Å²) in [5.74, 6) is -1.91. The summed E-state index contributed by atoms with van der Waals surface area (Å²) in [7, 11) is 0. The molecule has 0 aliphatic carbocycles. The van der Waals surface area contributed by atoms with Gasteiger partial charge < -0.3 is 15.3 Å². The van der Waals surface area contributed by atoms with Crippen molar-refractivity contribution in [2.24, 2.45) is 5.41 Å². The van der Waals surface area contributed by atoms with Crippen molar-refractivity contribution in [1.29, 1.82) is 0 Å². The molecular formula is C22H27F3N6O4. The Kier molecular flexibility index (Phi) is 6.88. The Labute approximate surface area is 199 Å². The summed E-state index contributed by atoms with van der Waals surface area (Å²) in [4.78, 5) is 36.6. The van der Waals surface area contributed by atoms with Crippen molar-refractivity contribution in [1.82, 2.24) is 20.2 Å². The fraction of sp³-hybridized carbons (Fsp3) is 0.545. The fourth-order valence-electron chi connectivity index (χ4n) is 4.89. The molecule has 0 atom stereocenters. The van der Waals surface area contributed by atoms with Gasteiger partial charge in [0, 0.05) is 26.1 Å². The number of imide groups is 1. The third-order valence-electron chi connectivity index (χ3n) is 6.90. The second kappa shape index (κ2) is 9.72. The van der Waals surface area contributed by atoms with Crippen molar-refractivity contribution in [3.05, 3.63) is 24.4 Å². The summed E-state index contributed by atoms with van der Waals surface area (Å²) < 4.78 is 33.7. The Hall–Kier alpha value is -3.35. The molecule has 0 saturated carbocycles. The van der Waals surface area contributed by atoms with Crippen LogP contribution in [-0.2, 0) is 9.59 Å². The highest BCUT2D eigenvalue weighted by atomic mass is 19.4. The van der Waals surface area contributed by atoms with Gasteiger partial charge in [0.25, 0.3) is 0 Å². The van der Waals surface area contributed by atoms with Crippen LogP contribution in [0, 0.1) is 5.41 Å². The molecule has 0 unspecified atom stereocenters. The zero-order valence-corrected chi connectivity index (χ0v) is 19.0. The quantitative estimate of drug-likeness (QED) is 0.584. The number of aromatic nitrogens is 2. The summed E-state index contributed by atoms with van der Waals surface area (Å²) in [6, 6.07) is 5.73. The molecule has 0 radical (unpaired) electrons. The van der Waals surface area contributed by atoms with Gasteiger partial charge in [-0.3, -0.25) is 15.0 Å². The van der Waals surface area contributed by atoms with Crippen LogP contribution in [0.3, 0.4) is 0 Å². The summed E-state index contributed by atoms with van der Waals surface area (Å²) >= 11 is 0. The number of aliphatic carboxylic acids is 1. The topological polar surface area (TPSA) is 119 Å². The normalized spacial score (nSPS) is 20.4. The number of alkyl halides is 3. The number of piperidine rings is 2. The molecule has 0 aromatic carbocycles. The van der Waals surface area contributed by atoms with Gasteiger partial charge in [0.1, 0.15) is 5.82 Å². The Morgan fingerprint density at radius 2 is 1.71 bits per heavy atom. The lowest BCUT2D eigenvalue weighted by Crippen LogP contribution is -2.49. The van der Waals surface area contributed by atoms with E-state index in [0.717, 1.165) is 43.2 Å². The van der Waals surface area contributed by atoms with Crippen LogP contribution >= 0.6 is 0 Å². The predicted molar refractivity (Wildman–Crippen MR) is 120 cm³/mol. The van der Waals surface area contributed by atoms with Crippen LogP contribution in [0.25, 0.3) is 5.52 Å². The number of urea groups is 1. The smallest absolute Gasteiger partial charge is 0.475 e. The highest BCUT2D eigenvalue weighted by Gasteiger charge is 2.38. The van der Waals surface area contributed by atoms with Crippen LogP contribution in [0.5, 0.6) is 0 Å². The maximum Gasteiger partial charge on any atom is 0.490 e. The summed E-state index contributed by atoms with van der Waals surface area (Å²) in [5, 5.41) is 17.6. The second-order valence-corrected chi connectivity index (χ2v) is 9.01. The Balaban J connectivity index is 0.000000364. The van der Waals surface area contributed by atoms with Crippen molar-refractivity contribution < 1.29 is 32.7 Å². The number of anilines is 2. The Morgan fingerprint density at radius 1 is 1.06 bits per heavy atom. The number of hydrogen-bond donors (Lipinski definition) is 3. The first kappa shape index (κ1) is 24.8. The number of fused-ring (bicyclic) bond motifs is 1. The van der Waals surface area contributed by atoms with E-state index in [9.17, 15) is 22.8 Å². The first-order chi connectivity index (χ1) is 16.6. The van der Waals surface area contributed by atoms with Crippen LogP contribution < -0.4 is 20.4 Å². The minimum absolute atomic E-state index is 0.224. The van der Waals surface area contributed by atoms with Crippen molar-refractivity contribution in [2.45, 2.75) is 38.3 Å². The number of carbonyl (C=O) groups is 3. The zero-order valence-electron chi connectivity index (χ0n) is 19.0. The molecule has 35 heavy (non-hydrogen) atoms. The van der Waals surface area contributed by atoms with Crippen LogP contribution in [-0.4, -0.2) is 71.5 Å². The number of carboxylic acids is 1. The fourth-order valence-corrected chi connectivity index (χ4v) is 4.89. The van der Waals surface area contributed by atoms with Gasteiger partial charge in [-0.1, -0.05) is 6.07 Å². The molecular weight excluding hydrogens is 469 g/mol. The average molecular weight is 496 g/mol. The van der Waals surface area contributed by atoms with Crippen molar-refractivity contribution in [3.63, 3.8) is 0 Å². The molecule has 190 valence electrons. The van der Waals surface area contributed by atoms with E-state index in [-0.39, 0.29) is 11.9 Å². The number of carbonyl (C=O) groups excluding carboxylic acids is 2. The molecule has 1 spiro atoms. The molecule has 10 nitrogen and oxygen atoms in total. The number of hydrogen-bond acceptors (Lipinski definition) is 6. The molecule has 5 rings (SSSR count). The second-order valence-electron chi connectivity index (χ2n) is 9.01. The molecule has 3 saturated heterocycles. The molecule has 13 heteroatoms. The average Bonchev–Trinajstić information content (AvgIpc) is 3.24. The highest BCUT2D eigenvalue weighted by molar-refractivity contribution is 6.07. The van der Waals surface area contributed by atoms with Gasteiger partial charge in [0.15, 0.2) is 0 Å². The number of pyridine rings is 1. The van der Waals surface area contributed by atoms with E-state index in [0.29, 0.717) is 18.4 Å². The number of amides is 3. The monoisotopic (exact) mass is 496 g/mol. The third-order valence-corrected chi connectivity index (χ3v) is 6.90. The van der Waals surface area contributed by atoms with E-state index in [1.807, 2.05) is 16.6 Å². The van der Waals surface area contributed by atoms with Gasteiger partial charge in [-0.25, -0.2) is 14.1 Å². The van der Waals surface area contributed by atoms with E-state index in [1.54, 1.807) is 11.1 Å². The number of nitrogens with one attached hydrogen (secondary N) is 2. The van der Waals surface area contributed by atoms with Gasteiger partial charge in [0.2, 0.25) is 5.91 Å². The third kappa shape index (κ3) is 5.34.